The van der Waals surface area contributed by atoms with E-state index >= 15 is 0 Å². The van der Waals surface area contributed by atoms with E-state index in [0.717, 1.165) is 13.1 Å². The smallest absolute Gasteiger partial charge is 0.0378 e. The largest absolute Gasteiger partial charge is 0.369 e. The molecule has 1 fully saturated rings. The summed E-state index contributed by atoms with van der Waals surface area (Å²) in [5.74, 6) is 0. The van der Waals surface area contributed by atoms with Crippen LogP contribution in [0, 0.1) is 0 Å². The molecule has 96 valence electrons. The van der Waals surface area contributed by atoms with Crippen molar-refractivity contribution in [2.24, 2.45) is 0 Å². The molecule has 0 saturated carbocycles. The van der Waals surface area contributed by atoms with Crippen LogP contribution in [0.2, 0.25) is 0 Å². The van der Waals surface area contributed by atoms with Gasteiger partial charge in [0.15, 0.2) is 0 Å². The first kappa shape index (κ1) is 14.4. The molecule has 2 nitrogen and oxygen atoms in total. The standard InChI is InChI=1S/C12H18N2S.C2H6/c1-13-6-8-14(9-7-13)11-4-3-5-12(10-11)15-2;1-2/h3-5,10H,6-9H2,1-2H3;1-2H3. The fraction of sp³-hybridized carbons (Fsp3) is 0.571. The maximum atomic E-state index is 2.47. The molecular weight excluding hydrogens is 228 g/mol. The molecule has 1 aliphatic rings. The van der Waals surface area contributed by atoms with E-state index in [0.29, 0.717) is 0 Å². The van der Waals surface area contributed by atoms with E-state index in [1.165, 1.54) is 23.7 Å². The summed E-state index contributed by atoms with van der Waals surface area (Å²) in [5.41, 5.74) is 1.37. The van der Waals surface area contributed by atoms with Crippen LogP contribution in [0.3, 0.4) is 0 Å². The Morgan fingerprint density at radius 3 is 2.29 bits per heavy atom. The molecule has 1 aromatic carbocycles. The van der Waals surface area contributed by atoms with Crippen LogP contribution in [-0.4, -0.2) is 44.4 Å². The number of anilines is 1. The van der Waals surface area contributed by atoms with Crippen molar-refractivity contribution in [1.29, 1.82) is 0 Å². The number of hydrogen-bond donors (Lipinski definition) is 0. The Kier molecular flexibility index (Phi) is 6.45. The molecule has 1 saturated heterocycles. The van der Waals surface area contributed by atoms with Gasteiger partial charge in [0, 0.05) is 36.8 Å². The minimum atomic E-state index is 1.15. The molecule has 0 aromatic heterocycles. The van der Waals surface area contributed by atoms with Crippen molar-refractivity contribution in [3.8, 4) is 0 Å². The molecule has 1 heterocycles. The molecular formula is C14H24N2S. The number of thioether (sulfide) groups is 1. The lowest BCUT2D eigenvalue weighted by atomic mass is 10.2. The highest BCUT2D eigenvalue weighted by Gasteiger charge is 2.13. The summed E-state index contributed by atoms with van der Waals surface area (Å²) in [6.45, 7) is 8.63. The van der Waals surface area contributed by atoms with Crippen LogP contribution in [0.4, 0.5) is 5.69 Å². The van der Waals surface area contributed by atoms with E-state index in [1.807, 2.05) is 25.6 Å². The number of benzene rings is 1. The minimum absolute atomic E-state index is 1.15. The zero-order valence-corrected chi connectivity index (χ0v) is 12.3. The van der Waals surface area contributed by atoms with Crippen LogP contribution in [0.15, 0.2) is 29.2 Å². The van der Waals surface area contributed by atoms with Crippen molar-refractivity contribution < 1.29 is 0 Å². The Balaban J connectivity index is 0.000000686. The topological polar surface area (TPSA) is 6.48 Å². The van der Waals surface area contributed by atoms with Crippen LogP contribution in [0.25, 0.3) is 0 Å². The Labute approximate surface area is 110 Å². The number of hydrogen-bond acceptors (Lipinski definition) is 3. The summed E-state index contributed by atoms with van der Waals surface area (Å²) in [6.07, 6.45) is 2.13. The van der Waals surface area contributed by atoms with E-state index in [9.17, 15) is 0 Å². The predicted octanol–water partition coefficient (Wildman–Crippen LogP) is 3.19. The molecule has 0 N–H and O–H groups in total. The highest BCUT2D eigenvalue weighted by molar-refractivity contribution is 7.98. The van der Waals surface area contributed by atoms with Gasteiger partial charge in [-0.1, -0.05) is 19.9 Å². The van der Waals surface area contributed by atoms with E-state index in [-0.39, 0.29) is 0 Å². The van der Waals surface area contributed by atoms with Crippen LogP contribution in [-0.2, 0) is 0 Å². The van der Waals surface area contributed by atoms with Crippen LogP contribution in [0.5, 0.6) is 0 Å². The van der Waals surface area contributed by atoms with Gasteiger partial charge in [0.1, 0.15) is 0 Å². The van der Waals surface area contributed by atoms with Gasteiger partial charge in [-0.25, -0.2) is 0 Å². The molecule has 0 aliphatic carbocycles. The third-order valence-corrected chi connectivity index (χ3v) is 3.65. The monoisotopic (exact) mass is 252 g/mol. The molecule has 17 heavy (non-hydrogen) atoms. The second-order valence-corrected chi connectivity index (χ2v) is 4.87. The molecule has 3 heteroatoms. The SMILES string of the molecule is CC.CSc1cccc(N2CCN(C)CC2)c1. The zero-order valence-electron chi connectivity index (χ0n) is 11.4. The van der Waals surface area contributed by atoms with Crippen molar-refractivity contribution in [2.75, 3.05) is 44.4 Å². The van der Waals surface area contributed by atoms with Gasteiger partial charge in [-0.05, 0) is 31.5 Å². The normalized spacial score (nSPS) is 16.4. The Morgan fingerprint density at radius 2 is 1.71 bits per heavy atom. The van der Waals surface area contributed by atoms with Crippen molar-refractivity contribution in [2.45, 2.75) is 18.7 Å². The highest BCUT2D eigenvalue weighted by atomic mass is 32.2. The second-order valence-electron chi connectivity index (χ2n) is 3.99. The molecule has 1 aliphatic heterocycles. The van der Waals surface area contributed by atoms with E-state index in [4.69, 9.17) is 0 Å². The molecule has 0 spiro atoms. The van der Waals surface area contributed by atoms with Crippen molar-refractivity contribution >= 4 is 17.4 Å². The lowest BCUT2D eigenvalue weighted by molar-refractivity contribution is 0.313. The lowest BCUT2D eigenvalue weighted by Crippen LogP contribution is -2.44. The first-order valence-corrected chi connectivity index (χ1v) is 7.59. The Morgan fingerprint density at radius 1 is 1.06 bits per heavy atom. The fourth-order valence-electron chi connectivity index (χ4n) is 1.87. The summed E-state index contributed by atoms with van der Waals surface area (Å²) in [7, 11) is 2.19. The summed E-state index contributed by atoms with van der Waals surface area (Å²) < 4.78 is 0. The van der Waals surface area contributed by atoms with E-state index < -0.39 is 0 Å². The lowest BCUT2D eigenvalue weighted by Gasteiger charge is -2.34. The van der Waals surface area contributed by atoms with E-state index in [1.54, 1.807) is 0 Å². The quantitative estimate of drug-likeness (QED) is 0.746. The maximum absolute atomic E-state index is 2.47. The van der Waals surface area contributed by atoms with Crippen LogP contribution < -0.4 is 4.90 Å². The summed E-state index contributed by atoms with van der Waals surface area (Å²) in [4.78, 5) is 6.21. The number of piperazine rings is 1. The second kappa shape index (κ2) is 7.62. The molecule has 0 bridgehead atoms. The summed E-state index contributed by atoms with van der Waals surface area (Å²) >= 11 is 1.81. The number of rotatable bonds is 2. The third kappa shape index (κ3) is 4.25. The van der Waals surface area contributed by atoms with Crippen molar-refractivity contribution in [3.05, 3.63) is 24.3 Å². The minimum Gasteiger partial charge on any atom is -0.369 e. The van der Waals surface area contributed by atoms with Gasteiger partial charge in [0.05, 0.1) is 0 Å². The first-order valence-electron chi connectivity index (χ1n) is 6.37. The van der Waals surface area contributed by atoms with Crippen LogP contribution in [0.1, 0.15) is 13.8 Å². The summed E-state index contributed by atoms with van der Waals surface area (Å²) in [6, 6.07) is 8.82. The van der Waals surface area contributed by atoms with Gasteiger partial charge in [-0.2, -0.15) is 0 Å². The maximum Gasteiger partial charge on any atom is 0.0378 e. The first-order chi connectivity index (χ1) is 8.29. The Bertz CT molecular complexity index is 320. The van der Waals surface area contributed by atoms with Gasteiger partial charge >= 0.3 is 0 Å². The van der Waals surface area contributed by atoms with Crippen molar-refractivity contribution in [1.82, 2.24) is 4.90 Å². The molecule has 0 atom stereocenters. The van der Waals surface area contributed by atoms with Gasteiger partial charge in [0.2, 0.25) is 0 Å². The third-order valence-electron chi connectivity index (χ3n) is 2.92. The molecule has 0 unspecified atom stereocenters. The van der Waals surface area contributed by atoms with Crippen molar-refractivity contribution in [3.63, 3.8) is 0 Å². The highest BCUT2D eigenvalue weighted by Crippen LogP contribution is 2.22. The van der Waals surface area contributed by atoms with Gasteiger partial charge < -0.3 is 9.80 Å². The van der Waals surface area contributed by atoms with Gasteiger partial charge in [-0.3, -0.25) is 0 Å². The van der Waals surface area contributed by atoms with Gasteiger partial charge in [0.25, 0.3) is 0 Å². The van der Waals surface area contributed by atoms with Crippen LogP contribution >= 0.6 is 11.8 Å². The van der Waals surface area contributed by atoms with Gasteiger partial charge in [-0.15, -0.1) is 11.8 Å². The average molecular weight is 252 g/mol. The number of nitrogens with zero attached hydrogens (tertiary/aromatic N) is 2. The van der Waals surface area contributed by atoms with E-state index in [2.05, 4.69) is 47.4 Å². The number of likely N-dealkylation sites (N-methyl/N-ethyl adjacent to an activating group) is 1. The molecule has 0 radical (unpaired) electrons. The molecule has 2 rings (SSSR count). The fourth-order valence-corrected chi connectivity index (χ4v) is 2.33. The Hall–Kier alpha value is -0.670. The average Bonchev–Trinajstić information content (AvgIpc) is 2.42. The predicted molar refractivity (Wildman–Crippen MR) is 79.3 cm³/mol. The summed E-state index contributed by atoms with van der Waals surface area (Å²) in [5, 5.41) is 0. The zero-order chi connectivity index (χ0) is 12.7. The molecule has 1 aromatic rings. The molecule has 0 amide bonds.